The number of hydrogen-bond acceptors (Lipinski definition) is 7. The van der Waals surface area contributed by atoms with Gasteiger partial charge in [-0.05, 0) is 35.0 Å². The second-order valence-electron chi connectivity index (χ2n) is 5.62. The number of aliphatic carboxylic acids is 1. The predicted molar refractivity (Wildman–Crippen MR) is 91.5 cm³/mol. The fourth-order valence-corrected chi connectivity index (χ4v) is 2.83. The summed E-state index contributed by atoms with van der Waals surface area (Å²) < 4.78 is 0. The number of rotatable bonds is 6. The van der Waals surface area contributed by atoms with Crippen molar-refractivity contribution < 1.29 is 19.6 Å². The first-order chi connectivity index (χ1) is 11.7. The number of anilines is 1. The summed E-state index contributed by atoms with van der Waals surface area (Å²) in [6.45, 7) is 3.35. The number of nitrogens with zero attached hydrogens (tertiary/aromatic N) is 2. The van der Waals surface area contributed by atoms with E-state index in [4.69, 9.17) is 5.73 Å². The van der Waals surface area contributed by atoms with E-state index in [0.717, 1.165) is 17.5 Å². The molecular formula is C15H16N4O5S. The summed E-state index contributed by atoms with van der Waals surface area (Å²) >= 11 is 0.723. The van der Waals surface area contributed by atoms with Gasteiger partial charge in [-0.15, -0.1) is 0 Å². The van der Waals surface area contributed by atoms with Crippen LogP contribution in [0.5, 0.6) is 0 Å². The molecule has 0 aliphatic carbocycles. The molecule has 1 atom stereocenters. The third kappa shape index (κ3) is 3.64. The van der Waals surface area contributed by atoms with Crippen LogP contribution in [0, 0.1) is 16.0 Å². The Hall–Kier alpha value is -2.85. The van der Waals surface area contributed by atoms with E-state index in [0.29, 0.717) is 0 Å². The van der Waals surface area contributed by atoms with Crippen LogP contribution in [0.4, 0.5) is 10.1 Å². The van der Waals surface area contributed by atoms with Gasteiger partial charge in [-0.25, -0.2) is 9.78 Å². The molecule has 1 amide bonds. The number of aromatic nitrogens is 1. The second kappa shape index (κ2) is 6.95. The van der Waals surface area contributed by atoms with Gasteiger partial charge in [0.05, 0.1) is 4.92 Å². The second-order valence-corrected chi connectivity index (χ2v) is 6.63. The highest BCUT2D eigenvalue weighted by Crippen LogP contribution is 2.29. The van der Waals surface area contributed by atoms with Gasteiger partial charge in [-0.2, -0.15) is 0 Å². The molecule has 0 spiro atoms. The summed E-state index contributed by atoms with van der Waals surface area (Å²) in [4.78, 5) is 37.7. The van der Waals surface area contributed by atoms with Crippen LogP contribution in [-0.2, 0) is 10.3 Å². The van der Waals surface area contributed by atoms with Crippen LogP contribution in [0.2, 0.25) is 0 Å². The summed E-state index contributed by atoms with van der Waals surface area (Å²) in [5.74, 6) is -2.18. The number of nitrogens with two attached hydrogens (primary N) is 1. The quantitative estimate of drug-likeness (QED) is 0.525. The highest BCUT2D eigenvalue weighted by molar-refractivity contribution is 7.18. The predicted octanol–water partition coefficient (Wildman–Crippen LogP) is 2.20. The van der Waals surface area contributed by atoms with Crippen molar-refractivity contribution in [2.45, 2.75) is 19.4 Å². The zero-order valence-electron chi connectivity index (χ0n) is 13.4. The van der Waals surface area contributed by atoms with Gasteiger partial charge >= 0.3 is 11.0 Å². The van der Waals surface area contributed by atoms with E-state index in [2.05, 4.69) is 10.3 Å². The molecular weight excluding hydrogens is 348 g/mol. The summed E-state index contributed by atoms with van der Waals surface area (Å²) in [5, 5.41) is 22.4. The highest BCUT2D eigenvalue weighted by atomic mass is 32.1. The maximum absolute atomic E-state index is 12.3. The number of hydrogen-bond donors (Lipinski definition) is 3. The average molecular weight is 364 g/mol. The van der Waals surface area contributed by atoms with E-state index in [1.54, 1.807) is 19.9 Å². The molecule has 0 aliphatic heterocycles. The Morgan fingerprint density at radius 2 is 2.12 bits per heavy atom. The van der Waals surface area contributed by atoms with Crippen molar-refractivity contribution in [3.8, 4) is 0 Å². The van der Waals surface area contributed by atoms with Crippen LogP contribution in [0.25, 0.3) is 0 Å². The molecule has 25 heavy (non-hydrogen) atoms. The van der Waals surface area contributed by atoms with Gasteiger partial charge in [0, 0.05) is 5.56 Å². The molecule has 1 heterocycles. The summed E-state index contributed by atoms with van der Waals surface area (Å²) in [6, 6.07) is 5.95. The third-order valence-electron chi connectivity index (χ3n) is 3.76. The van der Waals surface area contributed by atoms with Crippen LogP contribution in [0.3, 0.4) is 0 Å². The normalized spacial score (nSPS) is 13.3. The lowest BCUT2D eigenvalue weighted by Crippen LogP contribution is -2.49. The van der Waals surface area contributed by atoms with Crippen LogP contribution in [0.15, 0.2) is 30.5 Å². The van der Waals surface area contributed by atoms with E-state index in [1.165, 1.54) is 18.2 Å². The molecule has 0 saturated heterocycles. The van der Waals surface area contributed by atoms with E-state index in [1.807, 2.05) is 0 Å². The number of carbonyl (C=O) groups is 2. The lowest BCUT2D eigenvalue weighted by Gasteiger charge is -2.29. The van der Waals surface area contributed by atoms with Gasteiger partial charge in [-0.1, -0.05) is 26.0 Å². The lowest BCUT2D eigenvalue weighted by molar-refractivity contribution is -0.380. The standard InChI is InChI=1S/C15H16N4O5S/c1-8(2)15(16,13(21)22)10-5-3-4-9(6-10)12(20)18-14-17-7-11(25-14)19(23)24/h3-8H,16H2,1-2H3,(H,21,22)(H,17,18,20)/t15-/m0/s1. The Morgan fingerprint density at radius 3 is 2.64 bits per heavy atom. The van der Waals surface area contributed by atoms with Gasteiger partial charge in [0.25, 0.3) is 5.91 Å². The molecule has 10 heteroatoms. The average Bonchev–Trinajstić information content (AvgIpc) is 3.02. The van der Waals surface area contributed by atoms with Gasteiger partial charge in [-0.3, -0.25) is 20.2 Å². The molecule has 0 saturated carbocycles. The minimum Gasteiger partial charge on any atom is -0.480 e. The molecule has 1 aromatic carbocycles. The Morgan fingerprint density at radius 1 is 1.44 bits per heavy atom. The fourth-order valence-electron chi connectivity index (χ4n) is 2.20. The Kier molecular flexibility index (Phi) is 5.14. The Labute approximate surface area is 146 Å². The minimum absolute atomic E-state index is 0.0724. The lowest BCUT2D eigenvalue weighted by atomic mass is 9.80. The van der Waals surface area contributed by atoms with Crippen molar-refractivity contribution in [2.75, 3.05) is 5.32 Å². The van der Waals surface area contributed by atoms with E-state index >= 15 is 0 Å². The van der Waals surface area contributed by atoms with Gasteiger partial charge in [0.1, 0.15) is 11.7 Å². The van der Waals surface area contributed by atoms with Crippen LogP contribution in [-0.4, -0.2) is 26.9 Å². The maximum atomic E-state index is 12.3. The number of thiazole rings is 1. The zero-order valence-corrected chi connectivity index (χ0v) is 14.2. The molecule has 2 rings (SSSR count). The van der Waals surface area contributed by atoms with Crippen molar-refractivity contribution in [3.63, 3.8) is 0 Å². The van der Waals surface area contributed by atoms with Crippen molar-refractivity contribution in [2.24, 2.45) is 11.7 Å². The van der Waals surface area contributed by atoms with Crippen LogP contribution >= 0.6 is 11.3 Å². The maximum Gasteiger partial charge on any atom is 0.345 e. The summed E-state index contributed by atoms with van der Waals surface area (Å²) in [7, 11) is 0. The van der Waals surface area contributed by atoms with Gasteiger partial charge in [0.2, 0.25) is 0 Å². The SMILES string of the molecule is CC(C)[C@@](N)(C(=O)O)c1cccc(C(=O)Nc2ncc([N+](=O)[O-])s2)c1. The minimum atomic E-state index is -1.64. The largest absolute Gasteiger partial charge is 0.480 e. The molecule has 2 aromatic rings. The van der Waals surface area contributed by atoms with Gasteiger partial charge in [0.15, 0.2) is 5.13 Å². The van der Waals surface area contributed by atoms with Crippen molar-refractivity contribution >= 4 is 33.3 Å². The van der Waals surface area contributed by atoms with Crippen LogP contribution in [0.1, 0.15) is 29.8 Å². The Bertz CT molecular complexity index is 835. The molecule has 0 unspecified atom stereocenters. The molecule has 0 bridgehead atoms. The van der Waals surface area contributed by atoms with Crippen molar-refractivity contribution in [3.05, 3.63) is 51.7 Å². The smallest absolute Gasteiger partial charge is 0.345 e. The molecule has 9 nitrogen and oxygen atoms in total. The molecule has 0 fully saturated rings. The Balaban J connectivity index is 2.29. The molecule has 132 valence electrons. The molecule has 0 aliphatic rings. The fraction of sp³-hybridized carbons (Fsp3) is 0.267. The highest BCUT2D eigenvalue weighted by Gasteiger charge is 2.39. The van der Waals surface area contributed by atoms with E-state index in [-0.39, 0.29) is 21.3 Å². The van der Waals surface area contributed by atoms with Gasteiger partial charge < -0.3 is 10.8 Å². The summed E-state index contributed by atoms with van der Waals surface area (Å²) in [5.41, 5.74) is 4.86. The van der Waals surface area contributed by atoms with E-state index in [9.17, 15) is 24.8 Å². The molecule has 1 aromatic heterocycles. The number of nitrogens with one attached hydrogen (secondary N) is 1. The topological polar surface area (TPSA) is 148 Å². The monoisotopic (exact) mass is 364 g/mol. The number of carbonyl (C=O) groups excluding carboxylic acids is 1. The molecule has 4 N–H and O–H groups in total. The number of carboxylic acid groups (broad SMARTS) is 1. The molecule has 0 radical (unpaired) electrons. The summed E-state index contributed by atoms with van der Waals surface area (Å²) in [6.07, 6.45) is 1.05. The zero-order chi connectivity index (χ0) is 18.8. The van der Waals surface area contributed by atoms with Crippen molar-refractivity contribution in [1.82, 2.24) is 4.98 Å². The van der Waals surface area contributed by atoms with Crippen LogP contribution < -0.4 is 11.1 Å². The van der Waals surface area contributed by atoms with Crippen molar-refractivity contribution in [1.29, 1.82) is 0 Å². The number of amides is 1. The number of benzene rings is 1. The van der Waals surface area contributed by atoms with E-state index < -0.39 is 28.3 Å². The first kappa shape index (κ1) is 18.5. The first-order valence-electron chi connectivity index (χ1n) is 7.20. The third-order valence-corrected chi connectivity index (χ3v) is 4.63. The number of carboxylic acids is 1. The number of nitro groups is 1. The first-order valence-corrected chi connectivity index (χ1v) is 8.02.